The highest BCUT2D eigenvalue weighted by atomic mass is 16.5. The third kappa shape index (κ3) is 6.02. The van der Waals surface area contributed by atoms with Crippen molar-refractivity contribution < 1.29 is 23.9 Å². The maximum atomic E-state index is 12.2. The molecule has 0 unspecified atom stereocenters. The second-order valence-corrected chi connectivity index (χ2v) is 6.60. The molecule has 0 aliphatic heterocycles. The molecule has 3 rings (SSSR count). The summed E-state index contributed by atoms with van der Waals surface area (Å²) in [5.41, 5.74) is 7.15. The molecular weight excluding hydrogens is 414 g/mol. The first-order valence-electron chi connectivity index (χ1n) is 9.50. The molecule has 0 spiro atoms. The number of hydrogen-bond acceptors (Lipinski definition) is 7. The van der Waals surface area contributed by atoms with Crippen LogP contribution in [0.15, 0.2) is 54.7 Å². The fourth-order valence-electron chi connectivity index (χ4n) is 2.76. The largest absolute Gasteiger partial charge is 0.493 e. The number of hydrogen-bond donors (Lipinski definition) is 2. The number of benzene rings is 2. The molecule has 10 nitrogen and oxygen atoms in total. The topological polar surface area (TPSA) is 138 Å². The van der Waals surface area contributed by atoms with Crippen LogP contribution >= 0.6 is 0 Å². The lowest BCUT2D eigenvalue weighted by atomic mass is 10.1. The van der Waals surface area contributed by atoms with E-state index in [0.29, 0.717) is 40.3 Å². The average Bonchev–Trinajstić information content (AvgIpc) is 3.23. The van der Waals surface area contributed by atoms with Crippen molar-refractivity contribution in [3.63, 3.8) is 0 Å². The Morgan fingerprint density at radius 1 is 1.19 bits per heavy atom. The van der Waals surface area contributed by atoms with Crippen LogP contribution in [-0.4, -0.2) is 40.2 Å². The normalized spacial score (nSPS) is 10.7. The van der Waals surface area contributed by atoms with Crippen LogP contribution in [0.3, 0.4) is 0 Å². The van der Waals surface area contributed by atoms with Gasteiger partial charge in [-0.15, -0.1) is 5.10 Å². The van der Waals surface area contributed by atoms with Crippen molar-refractivity contribution in [2.24, 2.45) is 5.73 Å². The second-order valence-electron chi connectivity index (χ2n) is 6.60. The van der Waals surface area contributed by atoms with E-state index in [2.05, 4.69) is 15.6 Å². The van der Waals surface area contributed by atoms with Crippen molar-refractivity contribution in [3.05, 3.63) is 71.6 Å². The highest BCUT2D eigenvalue weighted by Gasteiger charge is 2.09. The van der Waals surface area contributed by atoms with Gasteiger partial charge in [-0.05, 0) is 35.9 Å². The van der Waals surface area contributed by atoms with Gasteiger partial charge in [0.25, 0.3) is 0 Å². The number of carbonyl (C=O) groups excluding carboxylic acids is 3. The smallest absolute Gasteiger partial charge is 0.248 e. The molecule has 0 radical (unpaired) electrons. The number of nitrogens with two attached hydrogens (primary N) is 1. The lowest BCUT2D eigenvalue weighted by Gasteiger charge is -2.10. The number of aromatic nitrogens is 3. The van der Waals surface area contributed by atoms with Crippen LogP contribution in [-0.2, 0) is 22.7 Å². The van der Waals surface area contributed by atoms with E-state index in [9.17, 15) is 14.4 Å². The molecule has 0 bridgehead atoms. The standard InChI is InChI=1S/C22H21N5O5/c1-31-19-8-6-15(7-9-22(30)24-18-5-3-2-4-16(18)13-28)10-20(19)32-14-17-11-27(26-25-17)12-21(23)29/h2-11,13H,12,14H2,1H3,(H2,23,29)(H,24,30)/b9-7+. The zero-order chi connectivity index (χ0) is 22.9. The second kappa shape index (κ2) is 10.5. The van der Waals surface area contributed by atoms with Crippen LogP contribution in [0.2, 0.25) is 0 Å². The van der Waals surface area contributed by atoms with E-state index >= 15 is 0 Å². The van der Waals surface area contributed by atoms with E-state index in [4.69, 9.17) is 15.2 Å². The quantitative estimate of drug-likeness (QED) is 0.366. The molecule has 0 atom stereocenters. The Kier molecular flexibility index (Phi) is 7.31. The van der Waals surface area contributed by atoms with E-state index in [-0.39, 0.29) is 19.1 Å². The molecule has 1 heterocycles. The van der Waals surface area contributed by atoms with Crippen molar-refractivity contribution >= 4 is 29.9 Å². The van der Waals surface area contributed by atoms with Gasteiger partial charge in [-0.3, -0.25) is 14.4 Å². The summed E-state index contributed by atoms with van der Waals surface area (Å²) in [6.07, 6.45) is 5.19. The predicted molar refractivity (Wildman–Crippen MR) is 116 cm³/mol. The maximum absolute atomic E-state index is 12.2. The number of para-hydroxylation sites is 1. The number of carbonyl (C=O) groups is 3. The van der Waals surface area contributed by atoms with Gasteiger partial charge in [0.05, 0.1) is 19.0 Å². The third-order valence-electron chi connectivity index (χ3n) is 4.24. The number of rotatable bonds is 10. The molecule has 0 saturated heterocycles. The molecule has 3 aromatic rings. The van der Waals surface area contributed by atoms with Crippen molar-refractivity contribution in [1.82, 2.24) is 15.0 Å². The first-order chi connectivity index (χ1) is 15.5. The van der Waals surface area contributed by atoms with Crippen LogP contribution in [0, 0.1) is 0 Å². The van der Waals surface area contributed by atoms with E-state index < -0.39 is 5.91 Å². The number of nitrogens with zero attached hydrogens (tertiary/aromatic N) is 3. The predicted octanol–water partition coefficient (Wildman–Crippen LogP) is 1.82. The van der Waals surface area contributed by atoms with Gasteiger partial charge in [0.15, 0.2) is 17.8 Å². The minimum Gasteiger partial charge on any atom is -0.493 e. The van der Waals surface area contributed by atoms with Gasteiger partial charge >= 0.3 is 0 Å². The highest BCUT2D eigenvalue weighted by Crippen LogP contribution is 2.29. The SMILES string of the molecule is COc1ccc(/C=C/C(=O)Nc2ccccc2C=O)cc1OCc1cn(CC(N)=O)nn1. The van der Waals surface area contributed by atoms with Crippen LogP contribution in [0.1, 0.15) is 21.6 Å². The van der Waals surface area contributed by atoms with Crippen LogP contribution in [0.4, 0.5) is 5.69 Å². The number of ether oxygens (including phenoxy) is 2. The van der Waals surface area contributed by atoms with E-state index in [1.54, 1.807) is 54.7 Å². The van der Waals surface area contributed by atoms with Crippen molar-refractivity contribution in [3.8, 4) is 11.5 Å². The van der Waals surface area contributed by atoms with Gasteiger partial charge in [0.1, 0.15) is 18.8 Å². The van der Waals surface area contributed by atoms with Crippen molar-refractivity contribution in [1.29, 1.82) is 0 Å². The van der Waals surface area contributed by atoms with Gasteiger partial charge < -0.3 is 20.5 Å². The molecular formula is C22H21N5O5. The third-order valence-corrected chi connectivity index (χ3v) is 4.24. The summed E-state index contributed by atoms with van der Waals surface area (Å²) in [5, 5.41) is 10.4. The number of amides is 2. The Bertz CT molecular complexity index is 1160. The maximum Gasteiger partial charge on any atom is 0.248 e. The van der Waals surface area contributed by atoms with E-state index in [0.717, 1.165) is 0 Å². The number of nitrogens with one attached hydrogen (secondary N) is 1. The number of primary amides is 1. The summed E-state index contributed by atoms with van der Waals surface area (Å²) in [6, 6.07) is 11.9. The minimum absolute atomic E-state index is 0.0734. The lowest BCUT2D eigenvalue weighted by molar-refractivity contribution is -0.118. The van der Waals surface area contributed by atoms with Gasteiger partial charge in [0.2, 0.25) is 11.8 Å². The van der Waals surface area contributed by atoms with Gasteiger partial charge in [-0.2, -0.15) is 0 Å². The molecule has 0 aliphatic carbocycles. The molecule has 3 N–H and O–H groups in total. The Hall–Kier alpha value is -4.47. The number of methoxy groups -OCH3 is 1. The molecule has 2 amide bonds. The molecule has 0 fully saturated rings. The Balaban J connectivity index is 1.67. The van der Waals surface area contributed by atoms with E-state index in [1.165, 1.54) is 17.9 Å². The van der Waals surface area contributed by atoms with Gasteiger partial charge in [-0.25, -0.2) is 4.68 Å². The molecule has 10 heteroatoms. The number of aldehydes is 1. The zero-order valence-electron chi connectivity index (χ0n) is 17.2. The molecule has 32 heavy (non-hydrogen) atoms. The molecule has 164 valence electrons. The van der Waals surface area contributed by atoms with Gasteiger partial charge in [0, 0.05) is 11.6 Å². The molecule has 0 saturated carbocycles. The first kappa shape index (κ1) is 22.2. The lowest BCUT2D eigenvalue weighted by Crippen LogP contribution is -2.18. The summed E-state index contributed by atoms with van der Waals surface area (Å²) < 4.78 is 12.4. The first-order valence-corrected chi connectivity index (χ1v) is 9.50. The fraction of sp³-hybridized carbons (Fsp3) is 0.136. The van der Waals surface area contributed by atoms with Crippen LogP contribution in [0.25, 0.3) is 6.08 Å². The fourth-order valence-corrected chi connectivity index (χ4v) is 2.76. The summed E-state index contributed by atoms with van der Waals surface area (Å²) in [4.78, 5) is 34.3. The average molecular weight is 435 g/mol. The highest BCUT2D eigenvalue weighted by molar-refractivity contribution is 6.04. The minimum atomic E-state index is -0.526. The van der Waals surface area contributed by atoms with E-state index in [1.807, 2.05) is 0 Å². The number of anilines is 1. The van der Waals surface area contributed by atoms with Crippen molar-refractivity contribution in [2.45, 2.75) is 13.2 Å². The summed E-state index contributed by atoms with van der Waals surface area (Å²) in [7, 11) is 1.51. The van der Waals surface area contributed by atoms with Crippen molar-refractivity contribution in [2.75, 3.05) is 12.4 Å². The van der Waals surface area contributed by atoms with Gasteiger partial charge in [-0.1, -0.05) is 23.4 Å². The summed E-state index contributed by atoms with van der Waals surface area (Å²) >= 11 is 0. The van der Waals surface area contributed by atoms with Crippen LogP contribution < -0.4 is 20.5 Å². The molecule has 2 aromatic carbocycles. The molecule has 0 aliphatic rings. The zero-order valence-corrected chi connectivity index (χ0v) is 17.2. The molecule has 1 aromatic heterocycles. The summed E-state index contributed by atoms with van der Waals surface area (Å²) in [6.45, 7) is 0.0151. The Morgan fingerprint density at radius 2 is 2.00 bits per heavy atom. The van der Waals surface area contributed by atoms with Crippen LogP contribution in [0.5, 0.6) is 11.5 Å². The Morgan fingerprint density at radius 3 is 2.75 bits per heavy atom. The monoisotopic (exact) mass is 435 g/mol. The summed E-state index contributed by atoms with van der Waals surface area (Å²) in [5.74, 6) is 0.0210. The Labute approximate surface area is 183 Å².